The zero-order valence-corrected chi connectivity index (χ0v) is 20.5. The summed E-state index contributed by atoms with van der Waals surface area (Å²) in [6.07, 6.45) is 2.64. The maximum atomic E-state index is 13.8. The first-order chi connectivity index (χ1) is 17.0. The van der Waals surface area contributed by atoms with E-state index >= 15 is 0 Å². The third-order valence-corrected chi connectivity index (χ3v) is 7.11. The topological polar surface area (TPSA) is 65.8 Å². The molecule has 0 bridgehead atoms. The standard InChI is InChI=1S/C29H31N3O3/c1-4-31(5-2)22-14-12-20(13-15-22)29-28-24(17-21(18-26(28)34)27-11-8-16-35-27)30-23-9-6-7-10-25(23)32(29)19(3)33/h6-16,21,29-30H,4-5,17-18H2,1-3H3/t21-,29+/m0/s1. The molecular formula is C29H31N3O3. The molecule has 2 aromatic carbocycles. The summed E-state index contributed by atoms with van der Waals surface area (Å²) in [6, 6.07) is 19.3. The van der Waals surface area contributed by atoms with E-state index in [9.17, 15) is 9.59 Å². The van der Waals surface area contributed by atoms with Crippen LogP contribution in [0.25, 0.3) is 0 Å². The Morgan fingerprint density at radius 3 is 2.43 bits per heavy atom. The van der Waals surface area contributed by atoms with Gasteiger partial charge >= 0.3 is 0 Å². The Labute approximate surface area is 206 Å². The van der Waals surface area contributed by atoms with Gasteiger partial charge < -0.3 is 14.6 Å². The van der Waals surface area contributed by atoms with Gasteiger partial charge in [-0.2, -0.15) is 0 Å². The van der Waals surface area contributed by atoms with Gasteiger partial charge in [0.25, 0.3) is 0 Å². The number of para-hydroxylation sites is 2. The number of benzene rings is 2. The lowest BCUT2D eigenvalue weighted by atomic mass is 9.80. The molecule has 3 aromatic rings. The summed E-state index contributed by atoms with van der Waals surface area (Å²) in [4.78, 5) is 31.0. The molecule has 1 amide bonds. The molecule has 0 unspecified atom stereocenters. The Bertz CT molecular complexity index is 1260. The highest BCUT2D eigenvalue weighted by Crippen LogP contribution is 2.47. The highest BCUT2D eigenvalue weighted by Gasteiger charge is 2.41. The number of anilines is 3. The third-order valence-electron chi connectivity index (χ3n) is 7.11. The van der Waals surface area contributed by atoms with Gasteiger partial charge in [0.05, 0.1) is 23.7 Å². The maximum Gasteiger partial charge on any atom is 0.224 e. The second-order valence-corrected chi connectivity index (χ2v) is 9.13. The molecule has 5 rings (SSSR count). The van der Waals surface area contributed by atoms with Crippen molar-refractivity contribution in [3.8, 4) is 0 Å². The van der Waals surface area contributed by atoms with Crippen molar-refractivity contribution in [2.75, 3.05) is 28.2 Å². The molecule has 6 heteroatoms. The van der Waals surface area contributed by atoms with Crippen LogP contribution in [0.15, 0.2) is 82.6 Å². The number of amides is 1. The van der Waals surface area contributed by atoms with Gasteiger partial charge in [-0.1, -0.05) is 24.3 Å². The van der Waals surface area contributed by atoms with E-state index in [0.717, 1.165) is 47.2 Å². The first-order valence-electron chi connectivity index (χ1n) is 12.3. The van der Waals surface area contributed by atoms with Crippen LogP contribution >= 0.6 is 0 Å². The minimum absolute atomic E-state index is 0.0366. The number of rotatable bonds is 5. The number of furan rings is 1. The Hall–Kier alpha value is -3.80. The second kappa shape index (κ2) is 9.45. The van der Waals surface area contributed by atoms with Crippen LogP contribution in [0.1, 0.15) is 56.9 Å². The molecule has 0 saturated heterocycles. The fourth-order valence-electron chi connectivity index (χ4n) is 5.43. The lowest BCUT2D eigenvalue weighted by molar-refractivity contribution is -0.117. The number of Topliss-reactive ketones (excluding diaryl/α,β-unsaturated/α-hetero) is 1. The largest absolute Gasteiger partial charge is 0.469 e. The number of fused-ring (bicyclic) bond motifs is 1. The minimum atomic E-state index is -0.505. The fraction of sp³-hybridized carbons (Fsp3) is 0.310. The maximum absolute atomic E-state index is 13.8. The average Bonchev–Trinajstić information content (AvgIpc) is 3.35. The van der Waals surface area contributed by atoms with Crippen molar-refractivity contribution >= 4 is 28.8 Å². The van der Waals surface area contributed by atoms with E-state index in [-0.39, 0.29) is 17.6 Å². The number of allylic oxidation sites excluding steroid dienone is 1. The molecule has 2 atom stereocenters. The zero-order chi connectivity index (χ0) is 24.5. The lowest BCUT2D eigenvalue weighted by Crippen LogP contribution is -2.37. The second-order valence-electron chi connectivity index (χ2n) is 9.13. The summed E-state index contributed by atoms with van der Waals surface area (Å²) in [5.74, 6) is 0.710. The normalized spacial score (nSPS) is 19.5. The van der Waals surface area contributed by atoms with Crippen LogP contribution in [-0.2, 0) is 9.59 Å². The Morgan fingerprint density at radius 1 is 1.03 bits per heavy atom. The van der Waals surface area contributed by atoms with Gasteiger partial charge in [-0.3, -0.25) is 14.5 Å². The molecule has 1 aromatic heterocycles. The van der Waals surface area contributed by atoms with Crippen LogP contribution in [0.2, 0.25) is 0 Å². The number of carbonyl (C=O) groups excluding carboxylic acids is 2. The number of nitrogens with one attached hydrogen (secondary N) is 1. The number of hydrogen-bond acceptors (Lipinski definition) is 5. The van der Waals surface area contributed by atoms with E-state index in [1.54, 1.807) is 18.1 Å². The monoisotopic (exact) mass is 469 g/mol. The first-order valence-corrected chi connectivity index (χ1v) is 12.3. The van der Waals surface area contributed by atoms with Gasteiger partial charge in [0.1, 0.15) is 5.76 Å². The summed E-state index contributed by atoms with van der Waals surface area (Å²) >= 11 is 0. The van der Waals surface area contributed by atoms with Crippen molar-refractivity contribution < 1.29 is 14.0 Å². The van der Waals surface area contributed by atoms with Gasteiger partial charge in [0, 0.05) is 49.3 Å². The average molecular weight is 470 g/mol. The van der Waals surface area contributed by atoms with Gasteiger partial charge in [-0.15, -0.1) is 0 Å². The molecule has 35 heavy (non-hydrogen) atoms. The summed E-state index contributed by atoms with van der Waals surface area (Å²) in [6.45, 7) is 7.67. The van der Waals surface area contributed by atoms with Crippen LogP contribution in [0, 0.1) is 0 Å². The van der Waals surface area contributed by atoms with Crippen LogP contribution in [0.5, 0.6) is 0 Å². The van der Waals surface area contributed by atoms with E-state index in [2.05, 4.69) is 48.3 Å². The zero-order valence-electron chi connectivity index (χ0n) is 20.5. The summed E-state index contributed by atoms with van der Waals surface area (Å²) in [5.41, 5.74) is 5.17. The fourth-order valence-corrected chi connectivity index (χ4v) is 5.43. The Morgan fingerprint density at radius 2 is 1.77 bits per heavy atom. The van der Waals surface area contributed by atoms with Crippen molar-refractivity contribution in [3.05, 3.63) is 89.5 Å². The quantitative estimate of drug-likeness (QED) is 0.493. The van der Waals surface area contributed by atoms with Crippen molar-refractivity contribution in [2.45, 2.75) is 45.6 Å². The van der Waals surface area contributed by atoms with Gasteiger partial charge in [-0.25, -0.2) is 0 Å². The molecule has 180 valence electrons. The van der Waals surface area contributed by atoms with Crippen LogP contribution in [-0.4, -0.2) is 24.8 Å². The highest BCUT2D eigenvalue weighted by molar-refractivity contribution is 6.05. The number of carbonyl (C=O) groups is 2. The first kappa shape index (κ1) is 23.0. The molecule has 6 nitrogen and oxygen atoms in total. The molecule has 0 spiro atoms. The Balaban J connectivity index is 1.66. The van der Waals surface area contributed by atoms with Gasteiger partial charge in [-0.05, 0) is 62.2 Å². The van der Waals surface area contributed by atoms with Crippen LogP contribution in [0.4, 0.5) is 17.1 Å². The smallest absolute Gasteiger partial charge is 0.224 e. The number of nitrogens with zero attached hydrogens (tertiary/aromatic N) is 2. The number of ketones is 1. The van der Waals surface area contributed by atoms with E-state index in [1.165, 1.54) is 0 Å². The molecule has 2 heterocycles. The van der Waals surface area contributed by atoms with E-state index < -0.39 is 6.04 Å². The van der Waals surface area contributed by atoms with Gasteiger partial charge in [0.2, 0.25) is 5.91 Å². The van der Waals surface area contributed by atoms with Crippen molar-refractivity contribution in [2.24, 2.45) is 0 Å². The third kappa shape index (κ3) is 4.14. The predicted molar refractivity (Wildman–Crippen MR) is 139 cm³/mol. The van der Waals surface area contributed by atoms with E-state index in [0.29, 0.717) is 18.4 Å². The SMILES string of the molecule is CCN(CC)c1ccc([C@@H]2C3=C(C[C@H](c4ccco4)CC3=O)Nc3ccccc3N2C(C)=O)cc1. The molecular weight excluding hydrogens is 438 g/mol. The molecule has 0 radical (unpaired) electrons. The predicted octanol–water partition coefficient (Wildman–Crippen LogP) is 6.05. The van der Waals surface area contributed by atoms with Crippen molar-refractivity contribution in [1.29, 1.82) is 0 Å². The molecule has 1 aliphatic carbocycles. The molecule has 1 N–H and O–H groups in total. The van der Waals surface area contributed by atoms with Gasteiger partial charge in [0.15, 0.2) is 5.78 Å². The molecule has 1 aliphatic heterocycles. The van der Waals surface area contributed by atoms with Crippen molar-refractivity contribution in [3.63, 3.8) is 0 Å². The highest BCUT2D eigenvalue weighted by atomic mass is 16.3. The molecule has 2 aliphatic rings. The minimum Gasteiger partial charge on any atom is -0.469 e. The number of hydrogen-bond donors (Lipinski definition) is 1. The lowest BCUT2D eigenvalue weighted by Gasteiger charge is -2.34. The van der Waals surface area contributed by atoms with E-state index in [4.69, 9.17) is 4.42 Å². The summed E-state index contributed by atoms with van der Waals surface area (Å²) in [7, 11) is 0. The van der Waals surface area contributed by atoms with E-state index in [1.807, 2.05) is 36.4 Å². The molecule has 0 fully saturated rings. The van der Waals surface area contributed by atoms with Crippen molar-refractivity contribution in [1.82, 2.24) is 0 Å². The summed E-state index contributed by atoms with van der Waals surface area (Å²) < 4.78 is 5.66. The Kier molecular flexibility index (Phi) is 6.20. The summed E-state index contributed by atoms with van der Waals surface area (Å²) in [5, 5.41) is 3.53. The van der Waals surface area contributed by atoms with Crippen LogP contribution < -0.4 is 15.1 Å². The van der Waals surface area contributed by atoms with Crippen LogP contribution in [0.3, 0.4) is 0 Å². The molecule has 0 saturated carbocycles.